The first-order valence-corrected chi connectivity index (χ1v) is 11.6. The Labute approximate surface area is 192 Å². The zero-order valence-electron chi connectivity index (χ0n) is 19.3. The van der Waals surface area contributed by atoms with Crippen LogP contribution < -0.4 is 5.69 Å². The monoisotopic (exact) mass is 443 g/mol. The fourth-order valence-corrected chi connectivity index (χ4v) is 5.36. The molecule has 1 aliphatic carbocycles. The van der Waals surface area contributed by atoms with Crippen molar-refractivity contribution < 1.29 is 9.21 Å². The number of H-pyrrole nitrogens is 1. The van der Waals surface area contributed by atoms with Crippen molar-refractivity contribution in [2.24, 2.45) is 17.3 Å². The van der Waals surface area contributed by atoms with E-state index in [2.05, 4.69) is 23.2 Å². The van der Waals surface area contributed by atoms with Crippen molar-refractivity contribution >= 4 is 16.8 Å². The summed E-state index contributed by atoms with van der Waals surface area (Å²) in [7, 11) is 0. The Morgan fingerprint density at radius 2 is 1.88 bits per heavy atom. The van der Waals surface area contributed by atoms with Crippen molar-refractivity contribution in [1.82, 2.24) is 14.8 Å². The van der Waals surface area contributed by atoms with E-state index in [4.69, 9.17) is 4.42 Å². The number of ketones is 1. The minimum atomic E-state index is -0.288. The molecule has 1 N–H and O–H groups in total. The fraction of sp³-hybridized carbons (Fsp3) is 0.370. The van der Waals surface area contributed by atoms with Crippen LogP contribution in [0.1, 0.15) is 40.0 Å². The number of carbonyl (C=O) groups excluding carboxylic acids is 1. The molecule has 1 saturated carbocycles. The molecule has 33 heavy (non-hydrogen) atoms. The Morgan fingerprint density at radius 1 is 1.15 bits per heavy atom. The molecular formula is C27H29N3O3. The van der Waals surface area contributed by atoms with Gasteiger partial charge in [0.05, 0.1) is 6.26 Å². The molecule has 0 saturated heterocycles. The van der Waals surface area contributed by atoms with Gasteiger partial charge in [-0.05, 0) is 54.5 Å². The lowest BCUT2D eigenvalue weighted by atomic mass is 9.78. The van der Waals surface area contributed by atoms with Crippen LogP contribution in [0, 0.1) is 17.3 Å². The van der Waals surface area contributed by atoms with E-state index < -0.39 is 0 Å². The van der Waals surface area contributed by atoms with Gasteiger partial charge in [0.1, 0.15) is 11.4 Å². The van der Waals surface area contributed by atoms with Crippen molar-refractivity contribution in [3.05, 3.63) is 65.3 Å². The summed E-state index contributed by atoms with van der Waals surface area (Å²) < 4.78 is 7.16. The molecule has 170 valence electrons. The van der Waals surface area contributed by atoms with Crippen LogP contribution in [0.25, 0.3) is 33.5 Å². The van der Waals surface area contributed by atoms with Crippen LogP contribution >= 0.6 is 0 Å². The maximum atomic E-state index is 12.7. The maximum absolute atomic E-state index is 12.7. The molecule has 0 bridgehead atoms. The van der Waals surface area contributed by atoms with E-state index in [1.54, 1.807) is 10.8 Å². The molecule has 2 aromatic heterocycles. The molecule has 0 radical (unpaired) electrons. The van der Waals surface area contributed by atoms with Gasteiger partial charge in [0, 0.05) is 28.8 Å². The van der Waals surface area contributed by atoms with Crippen molar-refractivity contribution in [1.29, 1.82) is 0 Å². The smallest absolute Gasteiger partial charge is 0.343 e. The first-order chi connectivity index (χ1) is 15.8. The Hall–Kier alpha value is -3.41. The zero-order valence-corrected chi connectivity index (χ0v) is 19.3. The van der Waals surface area contributed by atoms with E-state index >= 15 is 0 Å². The van der Waals surface area contributed by atoms with Crippen LogP contribution in [0.3, 0.4) is 0 Å². The summed E-state index contributed by atoms with van der Waals surface area (Å²) >= 11 is 0. The number of nitrogens with one attached hydrogen (secondary N) is 1. The summed E-state index contributed by atoms with van der Waals surface area (Å²) in [6, 6.07) is 16.2. The molecular weight excluding hydrogens is 414 g/mol. The standard InChI is InChI=1S/C27H29N3O3/c1-17(2)24(31)27(3)12-10-18(15-27)16-30-25(28-29-26(30)32)20-6-4-19(5-7-20)21-8-9-23-22(14-21)11-13-33-23/h4-9,11,13-14,17-18H,10,12,15-16H2,1-3H3,(H,29,32). The number of benzene rings is 2. The molecule has 1 aliphatic rings. The number of nitrogens with zero attached hydrogens (tertiary/aromatic N) is 2. The average molecular weight is 444 g/mol. The van der Waals surface area contributed by atoms with Crippen LogP contribution in [0.5, 0.6) is 0 Å². The van der Waals surface area contributed by atoms with E-state index in [1.807, 2.05) is 56.3 Å². The van der Waals surface area contributed by atoms with Crippen LogP contribution in [-0.2, 0) is 11.3 Å². The highest BCUT2D eigenvalue weighted by atomic mass is 16.3. The summed E-state index contributed by atoms with van der Waals surface area (Å²) in [4.78, 5) is 25.2. The van der Waals surface area contributed by atoms with Gasteiger partial charge >= 0.3 is 5.69 Å². The van der Waals surface area contributed by atoms with Crippen molar-refractivity contribution in [2.45, 2.75) is 46.6 Å². The van der Waals surface area contributed by atoms with Gasteiger partial charge in [-0.3, -0.25) is 9.36 Å². The van der Waals surface area contributed by atoms with E-state index in [1.165, 1.54) is 0 Å². The zero-order chi connectivity index (χ0) is 23.2. The maximum Gasteiger partial charge on any atom is 0.343 e. The summed E-state index contributed by atoms with van der Waals surface area (Å²) in [5, 5.41) is 7.99. The molecule has 2 atom stereocenters. The number of aromatic nitrogens is 3. The lowest BCUT2D eigenvalue weighted by Crippen LogP contribution is -2.29. The molecule has 5 rings (SSSR count). The normalized spacial score (nSPS) is 20.7. The second-order valence-electron chi connectivity index (χ2n) is 9.90. The van der Waals surface area contributed by atoms with Gasteiger partial charge in [0.25, 0.3) is 0 Å². The SMILES string of the molecule is CC(C)C(=O)C1(C)CCC(Cn2c(-c3ccc(-c4ccc5occc5c4)cc3)n[nH]c2=O)C1. The van der Waals surface area contributed by atoms with E-state index in [0.717, 1.165) is 46.9 Å². The second kappa shape index (κ2) is 8.18. The number of aromatic amines is 1. The molecule has 4 aromatic rings. The Kier molecular flexibility index (Phi) is 5.31. The van der Waals surface area contributed by atoms with Crippen LogP contribution in [0.4, 0.5) is 0 Å². The second-order valence-corrected chi connectivity index (χ2v) is 9.90. The number of hydrogen-bond acceptors (Lipinski definition) is 4. The Balaban J connectivity index is 1.37. The molecule has 1 fully saturated rings. The molecule has 0 amide bonds. The number of Topliss-reactive ketones (excluding diaryl/α,β-unsaturated/α-hetero) is 1. The number of furan rings is 1. The predicted molar refractivity (Wildman–Crippen MR) is 129 cm³/mol. The molecule has 0 aliphatic heterocycles. The van der Waals surface area contributed by atoms with Gasteiger partial charge in [0.2, 0.25) is 0 Å². The highest BCUT2D eigenvalue weighted by molar-refractivity contribution is 5.86. The number of hydrogen-bond donors (Lipinski definition) is 1. The predicted octanol–water partition coefficient (Wildman–Crippen LogP) is 5.68. The van der Waals surface area contributed by atoms with Gasteiger partial charge in [0.15, 0.2) is 5.82 Å². The summed E-state index contributed by atoms with van der Waals surface area (Å²) in [6.45, 7) is 6.59. The molecule has 6 heteroatoms. The lowest BCUT2D eigenvalue weighted by Gasteiger charge is -2.24. The number of fused-ring (bicyclic) bond motifs is 1. The molecule has 2 unspecified atom stereocenters. The van der Waals surface area contributed by atoms with Gasteiger partial charge in [-0.2, -0.15) is 5.10 Å². The first kappa shape index (κ1) is 21.4. The Bertz CT molecular complexity index is 1360. The third-order valence-corrected chi connectivity index (χ3v) is 7.09. The van der Waals surface area contributed by atoms with Crippen LogP contribution in [0.15, 0.2) is 64.0 Å². The Morgan fingerprint density at radius 3 is 2.64 bits per heavy atom. The van der Waals surface area contributed by atoms with Crippen molar-refractivity contribution in [3.63, 3.8) is 0 Å². The van der Waals surface area contributed by atoms with Crippen LogP contribution in [0.2, 0.25) is 0 Å². The van der Waals surface area contributed by atoms with E-state index in [0.29, 0.717) is 18.2 Å². The van der Waals surface area contributed by atoms with Crippen LogP contribution in [-0.4, -0.2) is 20.5 Å². The fourth-order valence-electron chi connectivity index (χ4n) is 5.36. The summed E-state index contributed by atoms with van der Waals surface area (Å²) in [6.07, 6.45) is 4.34. The van der Waals surface area contributed by atoms with Gasteiger partial charge in [-0.15, -0.1) is 0 Å². The highest BCUT2D eigenvalue weighted by Gasteiger charge is 2.42. The highest BCUT2D eigenvalue weighted by Crippen LogP contribution is 2.44. The van der Waals surface area contributed by atoms with Crippen molar-refractivity contribution in [3.8, 4) is 22.5 Å². The molecule has 0 spiro atoms. The van der Waals surface area contributed by atoms with Gasteiger partial charge in [-0.25, -0.2) is 9.89 Å². The summed E-state index contributed by atoms with van der Waals surface area (Å²) in [5.41, 5.74) is 3.46. The summed E-state index contributed by atoms with van der Waals surface area (Å²) in [5.74, 6) is 1.29. The average Bonchev–Trinajstić information content (AvgIpc) is 3.53. The van der Waals surface area contributed by atoms with Gasteiger partial charge < -0.3 is 4.42 Å². The third kappa shape index (κ3) is 3.94. The number of rotatable bonds is 6. The minimum Gasteiger partial charge on any atom is -0.464 e. The minimum absolute atomic E-state index is 0.0358. The molecule has 2 aromatic carbocycles. The quantitative estimate of drug-likeness (QED) is 0.415. The third-order valence-electron chi connectivity index (χ3n) is 7.09. The molecule has 6 nitrogen and oxygen atoms in total. The topological polar surface area (TPSA) is 80.9 Å². The van der Waals surface area contributed by atoms with Crippen molar-refractivity contribution in [2.75, 3.05) is 0 Å². The lowest BCUT2D eigenvalue weighted by molar-refractivity contribution is -0.130. The molecule has 2 heterocycles. The number of carbonyl (C=O) groups is 1. The van der Waals surface area contributed by atoms with E-state index in [9.17, 15) is 9.59 Å². The van der Waals surface area contributed by atoms with E-state index in [-0.39, 0.29) is 22.9 Å². The largest absolute Gasteiger partial charge is 0.464 e. The first-order valence-electron chi connectivity index (χ1n) is 11.6. The van der Waals surface area contributed by atoms with Gasteiger partial charge in [-0.1, -0.05) is 51.1 Å².